The van der Waals surface area contributed by atoms with Crippen molar-refractivity contribution in [3.63, 3.8) is 0 Å². The Labute approximate surface area is 181 Å². The molecule has 3 rings (SSSR count). The van der Waals surface area contributed by atoms with Crippen molar-refractivity contribution in [2.24, 2.45) is 5.92 Å². The Bertz CT molecular complexity index is 1060. The highest BCUT2D eigenvalue weighted by molar-refractivity contribution is 7.89. The molecule has 162 valence electrons. The van der Waals surface area contributed by atoms with Crippen LogP contribution in [-0.2, 0) is 27.6 Å². The quantitative estimate of drug-likeness (QED) is 0.680. The summed E-state index contributed by atoms with van der Waals surface area (Å²) in [4.78, 5) is 26.6. The second-order valence-corrected chi connectivity index (χ2v) is 10.8. The number of hydrogen-bond donors (Lipinski definition) is 1. The molecule has 30 heavy (non-hydrogen) atoms. The molecule has 1 unspecified atom stereocenters. The van der Waals surface area contributed by atoms with E-state index in [1.807, 2.05) is 0 Å². The number of nitrogens with one attached hydrogen (secondary N) is 1. The SMILES string of the molecule is CCOC(=O)c1c(NC(=O)c2ccc(S(=O)(=O)N(C)C)cc2)sc2c1CCC(C)C2. The molecule has 0 saturated heterocycles. The van der Waals surface area contributed by atoms with E-state index in [9.17, 15) is 18.0 Å². The highest BCUT2D eigenvalue weighted by atomic mass is 32.2. The van der Waals surface area contributed by atoms with Crippen LogP contribution in [0.25, 0.3) is 0 Å². The number of thiophene rings is 1. The maximum atomic E-state index is 12.8. The Kier molecular flexibility index (Phi) is 6.64. The molecule has 1 atom stereocenters. The van der Waals surface area contributed by atoms with Gasteiger partial charge in [0.05, 0.1) is 17.1 Å². The highest BCUT2D eigenvalue weighted by Crippen LogP contribution is 2.40. The van der Waals surface area contributed by atoms with Crippen LogP contribution in [0.1, 0.15) is 51.4 Å². The number of hydrogen-bond acceptors (Lipinski definition) is 6. The molecule has 1 N–H and O–H groups in total. The van der Waals surface area contributed by atoms with E-state index in [2.05, 4.69) is 12.2 Å². The Hall–Kier alpha value is -2.23. The van der Waals surface area contributed by atoms with Crippen LogP contribution in [0.2, 0.25) is 0 Å². The number of sulfonamides is 1. The summed E-state index contributed by atoms with van der Waals surface area (Å²) in [5, 5.41) is 3.33. The van der Waals surface area contributed by atoms with Crippen molar-refractivity contribution < 1.29 is 22.7 Å². The van der Waals surface area contributed by atoms with Gasteiger partial charge in [0.1, 0.15) is 5.00 Å². The van der Waals surface area contributed by atoms with Crippen LogP contribution in [0, 0.1) is 5.92 Å². The molecule has 1 aliphatic rings. The van der Waals surface area contributed by atoms with E-state index >= 15 is 0 Å². The fraction of sp³-hybridized carbons (Fsp3) is 0.429. The van der Waals surface area contributed by atoms with Gasteiger partial charge in [-0.2, -0.15) is 0 Å². The van der Waals surface area contributed by atoms with Crippen molar-refractivity contribution >= 4 is 38.2 Å². The van der Waals surface area contributed by atoms with Gasteiger partial charge in [-0.3, -0.25) is 4.79 Å². The number of rotatable bonds is 6. The van der Waals surface area contributed by atoms with E-state index in [0.717, 1.165) is 34.0 Å². The normalized spacial score (nSPS) is 16.2. The minimum atomic E-state index is -3.57. The fourth-order valence-electron chi connectivity index (χ4n) is 3.42. The number of fused-ring (bicyclic) bond motifs is 1. The third-order valence-corrected chi connectivity index (χ3v) is 8.11. The molecular weight excluding hydrogens is 424 g/mol. The first-order chi connectivity index (χ1) is 14.1. The standard InChI is InChI=1S/C21H26N2O5S2/c1-5-28-21(25)18-16-11-6-13(2)12-17(16)29-20(18)22-19(24)14-7-9-15(10-8-14)30(26,27)23(3)4/h7-10,13H,5-6,11-12H2,1-4H3,(H,22,24). The van der Waals surface area contributed by atoms with E-state index in [-0.39, 0.29) is 11.5 Å². The van der Waals surface area contributed by atoms with Crippen molar-refractivity contribution in [3.05, 3.63) is 45.8 Å². The summed E-state index contributed by atoms with van der Waals surface area (Å²) in [6, 6.07) is 5.73. The first kappa shape index (κ1) is 22.5. The highest BCUT2D eigenvalue weighted by Gasteiger charge is 2.29. The number of amides is 1. The molecule has 0 fully saturated rings. The van der Waals surface area contributed by atoms with Gasteiger partial charge in [0.15, 0.2) is 0 Å². The van der Waals surface area contributed by atoms with Gasteiger partial charge in [0, 0.05) is 24.5 Å². The lowest BCUT2D eigenvalue weighted by Gasteiger charge is -2.18. The van der Waals surface area contributed by atoms with Crippen molar-refractivity contribution in [3.8, 4) is 0 Å². The number of carbonyl (C=O) groups is 2. The number of nitrogens with zero attached hydrogens (tertiary/aromatic N) is 1. The summed E-state index contributed by atoms with van der Waals surface area (Å²) < 4.78 is 30.7. The van der Waals surface area contributed by atoms with Gasteiger partial charge in [-0.1, -0.05) is 6.92 Å². The Balaban J connectivity index is 1.89. The summed E-state index contributed by atoms with van der Waals surface area (Å²) in [7, 11) is -0.666. The van der Waals surface area contributed by atoms with E-state index in [0.29, 0.717) is 22.0 Å². The lowest BCUT2D eigenvalue weighted by atomic mass is 9.88. The lowest BCUT2D eigenvalue weighted by molar-refractivity contribution is 0.0526. The molecule has 0 saturated carbocycles. The Morgan fingerprint density at radius 3 is 2.50 bits per heavy atom. The summed E-state index contributed by atoms with van der Waals surface area (Å²) >= 11 is 1.42. The second kappa shape index (κ2) is 8.87. The third-order valence-electron chi connectivity index (χ3n) is 5.11. The molecule has 0 bridgehead atoms. The Morgan fingerprint density at radius 1 is 1.23 bits per heavy atom. The van der Waals surface area contributed by atoms with Crippen molar-refractivity contribution in [1.82, 2.24) is 4.31 Å². The largest absolute Gasteiger partial charge is 0.462 e. The zero-order valence-corrected chi connectivity index (χ0v) is 19.2. The molecule has 1 aromatic heterocycles. The van der Waals surface area contributed by atoms with Crippen LogP contribution in [0.4, 0.5) is 5.00 Å². The number of esters is 1. The van der Waals surface area contributed by atoms with E-state index in [1.54, 1.807) is 6.92 Å². The molecule has 9 heteroatoms. The van der Waals surface area contributed by atoms with Crippen molar-refractivity contribution in [1.29, 1.82) is 0 Å². The van der Waals surface area contributed by atoms with Crippen LogP contribution in [-0.4, -0.2) is 45.3 Å². The van der Waals surface area contributed by atoms with Crippen LogP contribution in [0.5, 0.6) is 0 Å². The van der Waals surface area contributed by atoms with Crippen LogP contribution < -0.4 is 5.32 Å². The summed E-state index contributed by atoms with van der Waals surface area (Å²) in [5.41, 5.74) is 1.73. The smallest absolute Gasteiger partial charge is 0.341 e. The predicted octanol–water partition coefficient (Wildman–Crippen LogP) is 3.55. The van der Waals surface area contributed by atoms with E-state index in [1.165, 1.54) is 49.7 Å². The molecule has 1 amide bonds. The van der Waals surface area contributed by atoms with Crippen molar-refractivity contribution in [2.45, 2.75) is 38.0 Å². The van der Waals surface area contributed by atoms with Crippen molar-refractivity contribution in [2.75, 3.05) is 26.0 Å². The zero-order chi connectivity index (χ0) is 22.1. The number of ether oxygens (including phenoxy) is 1. The predicted molar refractivity (Wildman–Crippen MR) is 117 cm³/mol. The summed E-state index contributed by atoms with van der Waals surface area (Å²) in [6.45, 7) is 4.18. The average Bonchev–Trinajstić information content (AvgIpc) is 3.04. The number of benzene rings is 1. The molecule has 7 nitrogen and oxygen atoms in total. The number of carbonyl (C=O) groups excluding carboxylic acids is 2. The van der Waals surface area contributed by atoms with E-state index < -0.39 is 21.9 Å². The van der Waals surface area contributed by atoms with E-state index in [4.69, 9.17) is 4.74 Å². The minimum absolute atomic E-state index is 0.108. The van der Waals surface area contributed by atoms with Crippen LogP contribution in [0.15, 0.2) is 29.2 Å². The second-order valence-electron chi connectivity index (χ2n) is 7.54. The van der Waals surface area contributed by atoms with Gasteiger partial charge in [-0.25, -0.2) is 17.5 Å². The Morgan fingerprint density at radius 2 is 1.90 bits per heavy atom. The molecule has 0 radical (unpaired) electrons. The molecule has 2 aromatic rings. The van der Waals surface area contributed by atoms with Crippen LogP contribution in [0.3, 0.4) is 0 Å². The summed E-state index contributed by atoms with van der Waals surface area (Å²) in [6.07, 6.45) is 2.65. The minimum Gasteiger partial charge on any atom is -0.462 e. The van der Waals surface area contributed by atoms with Gasteiger partial charge in [-0.15, -0.1) is 11.3 Å². The summed E-state index contributed by atoms with van der Waals surface area (Å²) in [5.74, 6) is -0.297. The lowest BCUT2D eigenvalue weighted by Crippen LogP contribution is -2.22. The zero-order valence-electron chi connectivity index (χ0n) is 17.5. The van der Waals surface area contributed by atoms with Gasteiger partial charge in [0.25, 0.3) is 5.91 Å². The van der Waals surface area contributed by atoms with Gasteiger partial charge in [-0.05, 0) is 61.9 Å². The van der Waals surface area contributed by atoms with Crippen LogP contribution >= 0.6 is 11.3 Å². The third kappa shape index (κ3) is 4.43. The molecule has 1 heterocycles. The molecule has 0 spiro atoms. The number of anilines is 1. The average molecular weight is 451 g/mol. The first-order valence-electron chi connectivity index (χ1n) is 9.80. The molecule has 0 aliphatic heterocycles. The van der Waals surface area contributed by atoms with Gasteiger partial charge in [0.2, 0.25) is 10.0 Å². The van der Waals surface area contributed by atoms with Gasteiger partial charge >= 0.3 is 5.97 Å². The topological polar surface area (TPSA) is 92.8 Å². The molecule has 1 aliphatic carbocycles. The molecular formula is C21H26N2O5S2. The maximum absolute atomic E-state index is 12.8. The molecule has 1 aromatic carbocycles. The fourth-order valence-corrected chi connectivity index (χ4v) is 5.72. The van der Waals surface area contributed by atoms with Gasteiger partial charge < -0.3 is 10.1 Å². The maximum Gasteiger partial charge on any atom is 0.341 e. The first-order valence-corrected chi connectivity index (χ1v) is 12.1. The monoisotopic (exact) mass is 450 g/mol.